The van der Waals surface area contributed by atoms with Crippen molar-refractivity contribution in [1.29, 1.82) is 0 Å². The summed E-state index contributed by atoms with van der Waals surface area (Å²) in [6.45, 7) is 7.68. The van der Waals surface area contributed by atoms with Crippen LogP contribution >= 0.6 is 0 Å². The van der Waals surface area contributed by atoms with Crippen LogP contribution in [0.15, 0.2) is 0 Å². The number of carboxylic acid groups (broad SMARTS) is 1. The molecule has 0 aromatic carbocycles. The molecule has 0 aromatic heterocycles. The lowest BCUT2D eigenvalue weighted by atomic mass is 9.72. The zero-order valence-corrected chi connectivity index (χ0v) is 9.55. The molecule has 0 radical (unpaired) electrons. The minimum Gasteiger partial charge on any atom is -0.480 e. The van der Waals surface area contributed by atoms with Gasteiger partial charge in [0.25, 0.3) is 0 Å². The van der Waals surface area contributed by atoms with Crippen LogP contribution < -0.4 is 0 Å². The maximum atomic E-state index is 11.3. The van der Waals surface area contributed by atoms with E-state index in [1.165, 1.54) is 0 Å². The molecular formula is C12H20O2. The van der Waals surface area contributed by atoms with Crippen LogP contribution in [-0.2, 0) is 4.79 Å². The van der Waals surface area contributed by atoms with E-state index >= 15 is 0 Å². The van der Waals surface area contributed by atoms with Gasteiger partial charge in [-0.05, 0) is 19.3 Å². The van der Waals surface area contributed by atoms with Crippen LogP contribution in [0.5, 0.6) is 0 Å². The second-order valence-corrected chi connectivity index (χ2v) is 3.71. The lowest BCUT2D eigenvalue weighted by molar-refractivity contribution is -0.148. The SMILES string of the molecule is CC#CC(CCC)(C(=O)O)C(C)CC. The van der Waals surface area contributed by atoms with Crippen molar-refractivity contribution in [1.82, 2.24) is 0 Å². The van der Waals surface area contributed by atoms with E-state index in [0.717, 1.165) is 12.8 Å². The molecule has 2 nitrogen and oxygen atoms in total. The van der Waals surface area contributed by atoms with Crippen molar-refractivity contribution in [2.45, 2.75) is 47.0 Å². The number of hydrogen-bond acceptors (Lipinski definition) is 1. The minimum absolute atomic E-state index is 0.104. The van der Waals surface area contributed by atoms with Crippen LogP contribution in [0.25, 0.3) is 0 Å². The molecule has 0 spiro atoms. The second-order valence-electron chi connectivity index (χ2n) is 3.71. The number of carboxylic acids is 1. The van der Waals surface area contributed by atoms with Gasteiger partial charge in [0.15, 0.2) is 0 Å². The Morgan fingerprint density at radius 2 is 2.07 bits per heavy atom. The fraction of sp³-hybridized carbons (Fsp3) is 0.750. The van der Waals surface area contributed by atoms with Crippen molar-refractivity contribution in [3.8, 4) is 11.8 Å². The Bertz CT molecular complexity index is 247. The fourth-order valence-corrected chi connectivity index (χ4v) is 1.77. The van der Waals surface area contributed by atoms with Crippen LogP contribution in [0, 0.1) is 23.2 Å². The standard InChI is InChI=1S/C12H20O2/c1-5-8-12(9-6-2,11(13)14)10(4)7-3/h10H,5,7-8H2,1-4H3,(H,13,14). The molecule has 0 aliphatic heterocycles. The van der Waals surface area contributed by atoms with E-state index in [1.807, 2.05) is 20.8 Å². The molecule has 14 heavy (non-hydrogen) atoms. The summed E-state index contributed by atoms with van der Waals surface area (Å²) < 4.78 is 0. The van der Waals surface area contributed by atoms with Crippen molar-refractivity contribution in [2.24, 2.45) is 11.3 Å². The van der Waals surface area contributed by atoms with Crippen LogP contribution in [0.2, 0.25) is 0 Å². The third-order valence-corrected chi connectivity index (χ3v) is 2.83. The first-order valence-corrected chi connectivity index (χ1v) is 5.22. The molecule has 2 unspecified atom stereocenters. The van der Waals surface area contributed by atoms with E-state index in [4.69, 9.17) is 0 Å². The number of aliphatic carboxylic acids is 1. The van der Waals surface area contributed by atoms with Crippen LogP contribution in [0.4, 0.5) is 0 Å². The fourth-order valence-electron chi connectivity index (χ4n) is 1.77. The van der Waals surface area contributed by atoms with Gasteiger partial charge in [-0.25, -0.2) is 0 Å². The van der Waals surface area contributed by atoms with Crippen LogP contribution in [0.1, 0.15) is 47.0 Å². The summed E-state index contributed by atoms with van der Waals surface area (Å²) in [5, 5.41) is 9.28. The molecule has 0 saturated heterocycles. The Morgan fingerprint density at radius 1 is 1.50 bits per heavy atom. The largest absolute Gasteiger partial charge is 0.480 e. The van der Waals surface area contributed by atoms with Gasteiger partial charge in [-0.2, -0.15) is 0 Å². The van der Waals surface area contributed by atoms with Gasteiger partial charge >= 0.3 is 5.97 Å². The summed E-state index contributed by atoms with van der Waals surface area (Å²) in [5.74, 6) is 4.99. The van der Waals surface area contributed by atoms with Crippen LogP contribution in [0.3, 0.4) is 0 Å². The molecular weight excluding hydrogens is 176 g/mol. The third-order valence-electron chi connectivity index (χ3n) is 2.83. The van der Waals surface area contributed by atoms with E-state index in [2.05, 4.69) is 11.8 Å². The highest BCUT2D eigenvalue weighted by Gasteiger charge is 2.40. The van der Waals surface area contributed by atoms with E-state index in [9.17, 15) is 9.90 Å². The maximum absolute atomic E-state index is 11.3. The monoisotopic (exact) mass is 196 g/mol. The predicted octanol–water partition coefficient (Wildman–Crippen LogP) is 2.93. The summed E-state index contributed by atoms with van der Waals surface area (Å²) in [4.78, 5) is 11.3. The van der Waals surface area contributed by atoms with Gasteiger partial charge in [0.1, 0.15) is 5.41 Å². The highest BCUT2D eigenvalue weighted by Crippen LogP contribution is 2.34. The van der Waals surface area contributed by atoms with Crippen molar-refractivity contribution in [3.05, 3.63) is 0 Å². The molecule has 0 rings (SSSR count). The Kier molecular flexibility index (Phi) is 5.30. The van der Waals surface area contributed by atoms with E-state index in [-0.39, 0.29) is 5.92 Å². The minimum atomic E-state index is -0.835. The molecule has 0 fully saturated rings. The molecule has 2 atom stereocenters. The van der Waals surface area contributed by atoms with Crippen molar-refractivity contribution >= 4 is 5.97 Å². The second kappa shape index (κ2) is 5.70. The zero-order valence-electron chi connectivity index (χ0n) is 9.55. The lowest BCUT2D eigenvalue weighted by Gasteiger charge is -2.29. The first-order chi connectivity index (χ1) is 6.55. The van der Waals surface area contributed by atoms with Gasteiger partial charge in [0, 0.05) is 0 Å². The summed E-state index contributed by atoms with van der Waals surface area (Å²) in [6, 6.07) is 0. The Morgan fingerprint density at radius 3 is 2.36 bits per heavy atom. The van der Waals surface area contributed by atoms with Gasteiger partial charge in [-0.1, -0.05) is 39.5 Å². The summed E-state index contributed by atoms with van der Waals surface area (Å²) in [6.07, 6.45) is 2.34. The Hall–Kier alpha value is -0.970. The van der Waals surface area contributed by atoms with E-state index in [0.29, 0.717) is 6.42 Å². The highest BCUT2D eigenvalue weighted by molar-refractivity contribution is 5.79. The maximum Gasteiger partial charge on any atom is 0.322 e. The Balaban J connectivity index is 5.10. The van der Waals surface area contributed by atoms with Gasteiger partial charge in [0.2, 0.25) is 0 Å². The average molecular weight is 196 g/mol. The smallest absolute Gasteiger partial charge is 0.322 e. The lowest BCUT2D eigenvalue weighted by Crippen LogP contribution is -2.36. The third kappa shape index (κ3) is 2.51. The first kappa shape index (κ1) is 13.0. The Labute approximate surface area is 86.7 Å². The molecule has 0 bridgehead atoms. The van der Waals surface area contributed by atoms with Gasteiger partial charge < -0.3 is 5.11 Å². The van der Waals surface area contributed by atoms with Crippen molar-refractivity contribution in [3.63, 3.8) is 0 Å². The predicted molar refractivity (Wildman–Crippen MR) is 57.9 cm³/mol. The molecule has 0 aliphatic carbocycles. The van der Waals surface area contributed by atoms with Gasteiger partial charge in [0.05, 0.1) is 0 Å². The molecule has 2 heteroatoms. The zero-order chi connectivity index (χ0) is 11.2. The molecule has 0 heterocycles. The van der Waals surface area contributed by atoms with E-state index in [1.54, 1.807) is 6.92 Å². The summed E-state index contributed by atoms with van der Waals surface area (Å²) in [5.41, 5.74) is -0.835. The molecule has 0 aromatic rings. The van der Waals surface area contributed by atoms with Crippen LogP contribution in [-0.4, -0.2) is 11.1 Å². The van der Waals surface area contributed by atoms with Gasteiger partial charge in [-0.15, -0.1) is 5.92 Å². The van der Waals surface area contributed by atoms with Gasteiger partial charge in [-0.3, -0.25) is 4.79 Å². The van der Waals surface area contributed by atoms with Crippen molar-refractivity contribution in [2.75, 3.05) is 0 Å². The topological polar surface area (TPSA) is 37.3 Å². The first-order valence-electron chi connectivity index (χ1n) is 5.22. The molecule has 80 valence electrons. The van der Waals surface area contributed by atoms with E-state index < -0.39 is 11.4 Å². The summed E-state index contributed by atoms with van der Waals surface area (Å²) >= 11 is 0. The molecule has 0 saturated carbocycles. The average Bonchev–Trinajstić information content (AvgIpc) is 2.15. The number of carbonyl (C=O) groups is 1. The summed E-state index contributed by atoms with van der Waals surface area (Å²) in [7, 11) is 0. The molecule has 0 aliphatic rings. The van der Waals surface area contributed by atoms with Crippen molar-refractivity contribution < 1.29 is 9.90 Å². The normalized spacial score (nSPS) is 16.3. The number of rotatable bonds is 5. The number of hydrogen-bond donors (Lipinski definition) is 1. The quantitative estimate of drug-likeness (QED) is 0.686. The molecule has 1 N–H and O–H groups in total. The highest BCUT2D eigenvalue weighted by atomic mass is 16.4. The molecule has 0 amide bonds.